The second-order valence-corrected chi connectivity index (χ2v) is 37.1. The van der Waals surface area contributed by atoms with Crippen LogP contribution < -0.4 is 47.9 Å². The molecule has 4 aliphatic heterocycles. The Morgan fingerprint density at radius 3 is 0.985 bits per heavy atom. The van der Waals surface area contributed by atoms with Crippen LogP contribution in [-0.2, 0) is 85.8 Å². The average Bonchev–Trinajstić information content (AvgIpc) is 0.857. The molecule has 39 nitrogen and oxygen atoms in total. The number of amides is 10. The minimum absolute atomic E-state index is 0.00543. The van der Waals surface area contributed by atoms with E-state index in [-0.39, 0.29) is 139 Å². The third kappa shape index (κ3) is 93.2. The summed E-state index contributed by atoms with van der Waals surface area (Å²) in [6.45, 7) is 76.5. The maximum atomic E-state index is 11.9. The van der Waals surface area contributed by atoms with Crippen LogP contribution >= 0.6 is 0 Å². The summed E-state index contributed by atoms with van der Waals surface area (Å²) in [6.07, 6.45) is 6.94. The van der Waals surface area contributed by atoms with Crippen molar-refractivity contribution in [3.8, 4) is 0 Å². The number of methoxy groups -OCH3 is 1. The predicted molar refractivity (Wildman–Crippen MR) is 542 cm³/mol. The smallest absolute Gasteiger partial charge is 0.410 e. The number of hydrogen-bond acceptors (Lipinski definition) is 29. The third-order valence-electron chi connectivity index (χ3n) is 20.2. The van der Waals surface area contributed by atoms with Crippen LogP contribution in [0.2, 0.25) is 0 Å². The lowest BCUT2D eigenvalue weighted by Gasteiger charge is -2.35. The molecule has 4 fully saturated rings. The Morgan fingerprint density at radius 1 is 0.321 bits per heavy atom. The van der Waals surface area contributed by atoms with Gasteiger partial charge >= 0.3 is 6.09 Å². The van der Waals surface area contributed by atoms with Gasteiger partial charge in [-0.05, 0) is 33.6 Å². The van der Waals surface area contributed by atoms with Gasteiger partial charge in [0, 0.05) is 263 Å². The van der Waals surface area contributed by atoms with Gasteiger partial charge < -0.3 is 121 Å². The van der Waals surface area contributed by atoms with Crippen LogP contribution in [0.1, 0.15) is 198 Å². The Bertz CT molecular complexity index is 2820. The number of aliphatic hydroxyl groups is 4. The molecule has 0 unspecified atom stereocenters. The Morgan fingerprint density at radius 2 is 0.642 bits per heavy atom. The first-order chi connectivity index (χ1) is 65.1. The topological polar surface area (TPSA) is 466 Å². The number of morpholine rings is 1. The van der Waals surface area contributed by atoms with Gasteiger partial charge in [-0.2, -0.15) is 0 Å². The minimum Gasteiger partial charge on any atom is -0.444 e. The van der Waals surface area contributed by atoms with Crippen LogP contribution in [0, 0.1) is 53.3 Å². The Labute approximate surface area is 827 Å². The predicted octanol–water partition coefficient (Wildman–Crippen LogP) is 4.04. The third-order valence-corrected chi connectivity index (χ3v) is 20.2. The van der Waals surface area contributed by atoms with Crippen LogP contribution in [0.5, 0.6) is 0 Å². The zero-order valence-corrected chi connectivity index (χ0v) is 90.1. The number of nitrogens with one attached hydrogen (secondary N) is 9. The molecule has 10 amide bonds. The lowest BCUT2D eigenvalue weighted by molar-refractivity contribution is -0.136. The highest BCUT2D eigenvalue weighted by Gasteiger charge is 2.27. The van der Waals surface area contributed by atoms with Gasteiger partial charge in [-0.1, -0.05) is 164 Å². The van der Waals surface area contributed by atoms with Gasteiger partial charge in [0.05, 0.1) is 112 Å². The molecule has 4 saturated heterocycles. The highest BCUT2D eigenvalue weighted by Crippen LogP contribution is 2.13. The highest BCUT2D eigenvalue weighted by atomic mass is 16.6. The number of unbranched alkanes of at least 4 members (excludes halogenated alkanes) is 4. The molecule has 812 valence electrons. The summed E-state index contributed by atoms with van der Waals surface area (Å²) in [5.41, 5.74) is -0.449. The molecule has 4 rings (SSSR count). The van der Waals surface area contributed by atoms with Crippen molar-refractivity contribution in [1.29, 1.82) is 0 Å². The summed E-state index contributed by atoms with van der Waals surface area (Å²) in [7, 11) is 1.63. The first-order valence-corrected chi connectivity index (χ1v) is 50.8. The van der Waals surface area contributed by atoms with Crippen molar-refractivity contribution >= 4 is 59.3 Å². The molecule has 39 heteroatoms. The quantitative estimate of drug-likeness (QED) is 0.0382. The molecule has 4 heterocycles. The molecular weight excluding hydrogens is 1770 g/mol. The molecule has 0 saturated carbocycles. The van der Waals surface area contributed by atoms with Gasteiger partial charge in [0.1, 0.15) is 5.60 Å². The molecular formula is C98H202N16O23. The monoisotopic (exact) mass is 1970 g/mol. The van der Waals surface area contributed by atoms with Crippen molar-refractivity contribution in [3.05, 3.63) is 0 Å². The van der Waals surface area contributed by atoms with Crippen LogP contribution in [0.25, 0.3) is 0 Å². The van der Waals surface area contributed by atoms with Crippen molar-refractivity contribution in [2.75, 3.05) is 322 Å². The molecule has 0 bridgehead atoms. The van der Waals surface area contributed by atoms with E-state index in [1.807, 2.05) is 155 Å². The van der Waals surface area contributed by atoms with Gasteiger partial charge in [0.15, 0.2) is 0 Å². The van der Waals surface area contributed by atoms with Crippen molar-refractivity contribution in [2.24, 2.45) is 53.3 Å². The van der Waals surface area contributed by atoms with Gasteiger partial charge in [-0.15, -0.1) is 0 Å². The average molecular weight is 1970 g/mol. The van der Waals surface area contributed by atoms with E-state index in [0.29, 0.717) is 145 Å². The first-order valence-electron chi connectivity index (χ1n) is 50.8. The summed E-state index contributed by atoms with van der Waals surface area (Å²) in [6, 6.07) is 0. The molecule has 0 aromatic carbocycles. The number of carbonyl (C=O) groups excluding carboxylic acids is 10. The van der Waals surface area contributed by atoms with E-state index in [1.54, 1.807) is 12.0 Å². The summed E-state index contributed by atoms with van der Waals surface area (Å²) < 4.78 is 47.2. The van der Waals surface area contributed by atoms with Gasteiger partial charge in [-0.25, -0.2) is 4.79 Å². The molecule has 0 aromatic heterocycles. The minimum atomic E-state index is -0.449. The zero-order valence-electron chi connectivity index (χ0n) is 90.1. The second-order valence-electron chi connectivity index (χ2n) is 37.1. The lowest BCUT2D eigenvalue weighted by atomic mass is 10.1. The van der Waals surface area contributed by atoms with Crippen molar-refractivity contribution in [2.45, 2.75) is 203 Å². The van der Waals surface area contributed by atoms with E-state index in [1.165, 1.54) is 19.3 Å². The molecule has 0 aliphatic carbocycles. The van der Waals surface area contributed by atoms with Crippen molar-refractivity contribution < 1.29 is 111 Å². The molecule has 4 aliphatic rings. The van der Waals surface area contributed by atoms with Crippen molar-refractivity contribution in [1.82, 2.24) is 82.2 Å². The van der Waals surface area contributed by atoms with Crippen molar-refractivity contribution in [3.63, 3.8) is 0 Å². The number of ether oxygens (including phenoxy) is 9. The standard InChI is InChI=1S/C15H29N3O3.C14H29NO3.C12H24N2O3.C12H25NO3.C10H21N3O.C10H22N2O3.C10H20N2O2.C9H19NO3.C6H13NO2/c1-12(2)13(19)16-6-7-17-8-10-18(11-9-17)14(20)21-15(3,4)5;1-4-5-6-7-9-17-11-12-18-10-8-15-14(16)13(2)3;1-11(2)12(16)14-5-3-13(4-6-14)7-9-17-10-8-15;1-4-5-7-15-9-10-16-8-6-13-12(14)11(2)3;1-9(2)10(14)12-5-8-13-6-3-11-4-7-13;1-9(2)10(15)11-3-4-12(5-7-13)6-8-14;1-9(2)10(13)11-3-4-12-5-7-14-8-6-12;1-8(2)9(11)10-4-5-13-7-6-12-3;1-5(2)6(9)7-3-4-8/h12H,6-11H2,1-5H3,(H,16,19);13H,4-12H2,1-3H3,(H,15,16);11,15H,3-10H2,1-2H3;11H,4-10H2,1-3H3,(H,13,14);9,11H,3-8H2,1-2H3,(H,12,14);9,13-14H,3-8H2,1-2H3,(H,11,15);9H,3-8H2,1-2H3,(H,11,13);8H,4-7H2,1-3H3,(H,10,11);5,8H,3-4H2,1-2H3,(H,7,9). The fraction of sp³-hybridized carbons (Fsp3) is 0.898. The Kier molecular flexibility index (Phi) is 97.5. The number of rotatable bonds is 58. The molecule has 0 radical (unpaired) electrons. The SMILES string of the molecule is CC(C)C(=O)N1CCN(CCOCCO)CC1.CC(C)C(=O)NCCN(CCO)CCO.CC(C)C(=O)NCCN1CCN(C(=O)OC(C)(C)C)CC1.CC(C)C(=O)NCCN1CCNCC1.CC(C)C(=O)NCCN1CCOCC1.CC(C)C(=O)NCCO.CCCCCCOCCOCCNC(=O)C(C)C.CCCCOCCOCCNC(=O)C(C)C.COCCOCCNC(=O)C(C)C. The number of carbonyl (C=O) groups is 10. The fourth-order valence-corrected chi connectivity index (χ4v) is 11.4. The number of nitrogens with zero attached hydrogens (tertiary/aromatic N) is 7. The van der Waals surface area contributed by atoms with Crippen LogP contribution in [0.15, 0.2) is 0 Å². The number of piperazine rings is 3. The summed E-state index contributed by atoms with van der Waals surface area (Å²) >= 11 is 0. The largest absolute Gasteiger partial charge is 0.444 e. The maximum Gasteiger partial charge on any atom is 0.410 e. The molecule has 0 atom stereocenters. The van der Waals surface area contributed by atoms with Crippen LogP contribution in [-0.4, -0.2) is 442 Å². The fourth-order valence-electron chi connectivity index (χ4n) is 11.4. The normalized spacial score (nSPS) is 14.1. The van der Waals surface area contributed by atoms with Crippen LogP contribution in [0.3, 0.4) is 0 Å². The van der Waals surface area contributed by atoms with Gasteiger partial charge in [0.25, 0.3) is 0 Å². The van der Waals surface area contributed by atoms with Gasteiger partial charge in [0.2, 0.25) is 53.2 Å². The molecule has 137 heavy (non-hydrogen) atoms. The Balaban J connectivity index is -0.000000480. The maximum absolute atomic E-state index is 11.9. The number of aliphatic hydroxyl groups excluding tert-OH is 4. The van der Waals surface area contributed by atoms with E-state index in [4.69, 9.17) is 63.1 Å². The van der Waals surface area contributed by atoms with Crippen LogP contribution in [0.4, 0.5) is 4.79 Å². The van der Waals surface area contributed by atoms with E-state index in [2.05, 4.69) is 81.3 Å². The zero-order chi connectivity index (χ0) is 104. The van der Waals surface area contributed by atoms with E-state index in [9.17, 15) is 47.9 Å². The van der Waals surface area contributed by atoms with Gasteiger partial charge in [-0.3, -0.25) is 67.7 Å². The number of hydrogen-bond donors (Lipinski definition) is 13. The summed E-state index contributed by atoms with van der Waals surface area (Å²) in [5.74, 6) is 1.28. The summed E-state index contributed by atoms with van der Waals surface area (Å²) in [5, 5.41) is 60.1. The molecule has 0 aromatic rings. The van der Waals surface area contributed by atoms with E-state index in [0.717, 1.165) is 163 Å². The highest BCUT2D eigenvalue weighted by molar-refractivity contribution is 5.81. The molecule has 0 spiro atoms. The second kappa shape index (κ2) is 95.9. The lowest BCUT2D eigenvalue weighted by Crippen LogP contribution is -2.51. The molecule has 13 N–H and O–H groups in total. The Hall–Kier alpha value is -6.22. The summed E-state index contributed by atoms with van der Waals surface area (Å²) in [4.78, 5) is 128. The van der Waals surface area contributed by atoms with E-state index >= 15 is 0 Å². The first kappa shape index (κ1) is 139. The van der Waals surface area contributed by atoms with E-state index < -0.39 is 5.60 Å².